The summed E-state index contributed by atoms with van der Waals surface area (Å²) < 4.78 is 6.28. The van der Waals surface area contributed by atoms with Crippen molar-refractivity contribution >= 4 is 5.97 Å². The number of carbonyl (C=O) groups is 1. The van der Waals surface area contributed by atoms with Crippen LogP contribution < -0.4 is 0 Å². The first-order valence-electron chi connectivity index (χ1n) is 31.7. The normalized spacial score (nSPS) is 26.6. The van der Waals surface area contributed by atoms with E-state index in [-0.39, 0.29) is 12.1 Å². The number of aliphatic hydroxyl groups excluding tert-OH is 1. The first kappa shape index (κ1) is 60.7. The van der Waals surface area contributed by atoms with Gasteiger partial charge in [0.25, 0.3) is 0 Å². The second-order valence-electron chi connectivity index (χ2n) is 25.6. The zero-order chi connectivity index (χ0) is 49.7. The number of ether oxygens (including phenoxy) is 1. The van der Waals surface area contributed by atoms with Crippen molar-refractivity contribution in [3.05, 3.63) is 11.6 Å². The maximum absolute atomic E-state index is 13.3. The highest BCUT2D eigenvalue weighted by Crippen LogP contribution is 2.67. The average Bonchev–Trinajstić information content (AvgIpc) is 3.70. The van der Waals surface area contributed by atoms with E-state index in [1.807, 2.05) is 0 Å². The molecular formula is C65H121NO3. The summed E-state index contributed by atoms with van der Waals surface area (Å²) in [7, 11) is 0. The van der Waals surface area contributed by atoms with Gasteiger partial charge in [0, 0.05) is 19.4 Å². The Kier molecular flexibility index (Phi) is 30.4. The van der Waals surface area contributed by atoms with Gasteiger partial charge in [0.05, 0.1) is 0 Å². The molecule has 0 aromatic rings. The molecular weight excluding hydrogens is 843 g/mol. The SMILES string of the molecule is CCCCCCCCCCC(CCCCCCCCCC)CCCCCN(CCCCO)CCCCCC(=O)OC1CCC2(C)C(=CCC3C2CCC2(C)C(C(C)CCC(CC)C(C)C)CCC32)C1. The maximum Gasteiger partial charge on any atom is 0.306 e. The zero-order valence-electron chi connectivity index (χ0n) is 47.9. The summed E-state index contributed by atoms with van der Waals surface area (Å²) >= 11 is 0. The molecule has 0 aliphatic heterocycles. The Morgan fingerprint density at radius 2 is 1.19 bits per heavy atom. The van der Waals surface area contributed by atoms with Gasteiger partial charge in [-0.25, -0.2) is 0 Å². The van der Waals surface area contributed by atoms with Crippen molar-refractivity contribution in [3.8, 4) is 0 Å². The van der Waals surface area contributed by atoms with E-state index >= 15 is 0 Å². The molecule has 3 fully saturated rings. The topological polar surface area (TPSA) is 49.8 Å². The minimum atomic E-state index is 0.0408. The molecule has 4 aliphatic rings. The van der Waals surface area contributed by atoms with Crippen molar-refractivity contribution in [3.63, 3.8) is 0 Å². The molecule has 0 spiro atoms. The van der Waals surface area contributed by atoms with Crippen LogP contribution in [-0.2, 0) is 9.53 Å². The van der Waals surface area contributed by atoms with Crippen molar-refractivity contribution in [1.29, 1.82) is 0 Å². The van der Waals surface area contributed by atoms with E-state index < -0.39 is 0 Å². The highest BCUT2D eigenvalue weighted by atomic mass is 16.5. The third-order valence-corrected chi connectivity index (χ3v) is 20.3. The van der Waals surface area contributed by atoms with Gasteiger partial charge >= 0.3 is 5.97 Å². The highest BCUT2D eigenvalue weighted by Gasteiger charge is 2.59. The number of carbonyl (C=O) groups excluding carboxylic acids is 1. The summed E-state index contributed by atoms with van der Waals surface area (Å²) in [5, 5.41) is 9.52. The molecule has 69 heavy (non-hydrogen) atoms. The lowest BCUT2D eigenvalue weighted by Gasteiger charge is -2.58. The highest BCUT2D eigenvalue weighted by molar-refractivity contribution is 5.69. The number of esters is 1. The number of aliphatic hydroxyl groups is 1. The summed E-state index contributed by atoms with van der Waals surface area (Å²) in [6.45, 7) is 23.6. The number of unbranched alkanes of at least 4 members (excludes halogenated alkanes) is 19. The zero-order valence-corrected chi connectivity index (χ0v) is 47.9. The molecule has 0 bridgehead atoms. The Labute approximate surface area is 431 Å². The molecule has 3 saturated carbocycles. The molecule has 0 heterocycles. The molecule has 1 N–H and O–H groups in total. The van der Waals surface area contributed by atoms with E-state index in [9.17, 15) is 9.90 Å². The van der Waals surface area contributed by atoms with Crippen LogP contribution in [0.3, 0.4) is 0 Å². The Morgan fingerprint density at radius 3 is 1.75 bits per heavy atom. The van der Waals surface area contributed by atoms with E-state index in [0.29, 0.717) is 23.9 Å². The van der Waals surface area contributed by atoms with Gasteiger partial charge in [0.2, 0.25) is 0 Å². The number of nitrogens with zero attached hydrogens (tertiary/aromatic N) is 1. The van der Waals surface area contributed by atoms with Crippen LogP contribution >= 0.6 is 0 Å². The van der Waals surface area contributed by atoms with E-state index in [1.54, 1.807) is 5.57 Å². The number of hydrogen-bond donors (Lipinski definition) is 1. The molecule has 9 atom stereocenters. The van der Waals surface area contributed by atoms with Gasteiger partial charge in [-0.15, -0.1) is 0 Å². The predicted molar refractivity (Wildman–Crippen MR) is 300 cm³/mol. The van der Waals surface area contributed by atoms with Crippen LogP contribution in [0.1, 0.15) is 306 Å². The fraction of sp³-hybridized carbons (Fsp3) is 0.954. The van der Waals surface area contributed by atoms with Gasteiger partial charge in [-0.05, 0) is 161 Å². The Bertz CT molecular complexity index is 1320. The first-order valence-corrected chi connectivity index (χ1v) is 31.7. The summed E-state index contributed by atoms with van der Waals surface area (Å²) in [5.74, 6) is 6.97. The lowest BCUT2D eigenvalue weighted by Crippen LogP contribution is -2.51. The number of fused-ring (bicyclic) bond motifs is 5. The van der Waals surface area contributed by atoms with Crippen molar-refractivity contribution < 1.29 is 14.6 Å². The Morgan fingerprint density at radius 1 is 0.638 bits per heavy atom. The van der Waals surface area contributed by atoms with Crippen molar-refractivity contribution in [2.45, 2.75) is 312 Å². The fourth-order valence-corrected chi connectivity index (χ4v) is 15.7. The van der Waals surface area contributed by atoms with Crippen LogP contribution in [0.2, 0.25) is 0 Å². The van der Waals surface area contributed by atoms with Gasteiger partial charge in [0.1, 0.15) is 6.10 Å². The van der Waals surface area contributed by atoms with Gasteiger partial charge in [-0.3, -0.25) is 4.79 Å². The van der Waals surface area contributed by atoms with Crippen molar-refractivity contribution in [1.82, 2.24) is 4.90 Å². The molecule has 0 radical (unpaired) electrons. The minimum Gasteiger partial charge on any atom is -0.462 e. The third kappa shape index (κ3) is 20.8. The molecule has 4 aliphatic carbocycles. The lowest BCUT2D eigenvalue weighted by molar-refractivity contribution is -0.151. The van der Waals surface area contributed by atoms with E-state index in [0.717, 1.165) is 105 Å². The molecule has 0 aromatic heterocycles. The smallest absolute Gasteiger partial charge is 0.306 e. The average molecular weight is 965 g/mol. The van der Waals surface area contributed by atoms with Crippen LogP contribution in [0.4, 0.5) is 0 Å². The number of hydrogen-bond acceptors (Lipinski definition) is 4. The number of rotatable bonds is 41. The van der Waals surface area contributed by atoms with Crippen LogP contribution in [0.5, 0.6) is 0 Å². The molecule has 4 nitrogen and oxygen atoms in total. The molecule has 0 aromatic carbocycles. The molecule has 404 valence electrons. The van der Waals surface area contributed by atoms with E-state index in [1.165, 1.54) is 206 Å². The van der Waals surface area contributed by atoms with Crippen LogP contribution in [0.15, 0.2) is 11.6 Å². The van der Waals surface area contributed by atoms with Gasteiger partial charge < -0.3 is 14.7 Å². The largest absolute Gasteiger partial charge is 0.462 e. The summed E-state index contributed by atoms with van der Waals surface area (Å²) in [5.41, 5.74) is 2.46. The van der Waals surface area contributed by atoms with Gasteiger partial charge in [-0.1, -0.05) is 221 Å². The van der Waals surface area contributed by atoms with Crippen LogP contribution in [0.25, 0.3) is 0 Å². The fourth-order valence-electron chi connectivity index (χ4n) is 15.7. The van der Waals surface area contributed by atoms with Gasteiger partial charge in [0.15, 0.2) is 0 Å². The van der Waals surface area contributed by atoms with E-state index in [2.05, 4.69) is 66.4 Å². The second-order valence-corrected chi connectivity index (χ2v) is 25.6. The van der Waals surface area contributed by atoms with Crippen molar-refractivity contribution in [2.75, 3.05) is 26.2 Å². The molecule has 0 saturated heterocycles. The Balaban J connectivity index is 1.13. The first-order chi connectivity index (χ1) is 33.5. The molecule has 0 amide bonds. The van der Waals surface area contributed by atoms with Gasteiger partial charge in [-0.2, -0.15) is 0 Å². The standard InChI is InChI=1S/C65H121NO3/c1-9-12-14-16-18-20-22-26-34-55(35-27-23-21-19-17-15-13-10-2)36-28-24-30-48-66(50-32-33-51-67)49-31-25-29-37-63(68)69-58-44-46-64(7)57(52-58)40-41-59-61-43-42-60(65(61,8)47-45-62(59)64)54(6)38-39-56(11-3)53(4)5/h40,53-56,58-62,67H,9-39,41-52H2,1-8H3. The number of allylic oxidation sites excluding steroid dienone is 1. The quantitative estimate of drug-likeness (QED) is 0.0377. The third-order valence-electron chi connectivity index (χ3n) is 20.3. The minimum absolute atomic E-state index is 0.0408. The van der Waals surface area contributed by atoms with E-state index in [4.69, 9.17) is 4.74 Å². The molecule has 4 heteroatoms. The summed E-state index contributed by atoms with van der Waals surface area (Å²) in [6.07, 6.45) is 54.1. The molecule has 4 rings (SSSR count). The lowest BCUT2D eigenvalue weighted by atomic mass is 9.47. The second kappa shape index (κ2) is 34.6. The maximum atomic E-state index is 13.3. The Hall–Kier alpha value is -0.870. The van der Waals surface area contributed by atoms with Crippen LogP contribution in [0, 0.1) is 58.2 Å². The predicted octanol–water partition coefficient (Wildman–Crippen LogP) is 19.4. The van der Waals surface area contributed by atoms with Crippen LogP contribution in [-0.4, -0.2) is 48.3 Å². The summed E-state index contributed by atoms with van der Waals surface area (Å²) in [4.78, 5) is 15.9. The summed E-state index contributed by atoms with van der Waals surface area (Å²) in [6, 6.07) is 0. The molecule has 9 unspecified atom stereocenters. The van der Waals surface area contributed by atoms with Crippen molar-refractivity contribution in [2.24, 2.45) is 58.2 Å². The monoisotopic (exact) mass is 964 g/mol.